The number of benzene rings is 1. The first kappa shape index (κ1) is 12.8. The molecule has 1 atom stereocenters. The average molecular weight is 239 g/mol. The Morgan fingerprint density at radius 2 is 2.06 bits per heavy atom. The maximum absolute atomic E-state index is 8.26. The van der Waals surface area contributed by atoms with Gasteiger partial charge in [-0.15, -0.1) is 0 Å². The van der Waals surface area contributed by atoms with Crippen molar-refractivity contribution in [2.75, 3.05) is 0 Å². The van der Waals surface area contributed by atoms with E-state index >= 15 is 0 Å². The number of hydrogen-bond donors (Lipinski definition) is 1. The lowest BCUT2D eigenvalue weighted by atomic mass is 9.88. The van der Waals surface area contributed by atoms with Gasteiger partial charge in [0.2, 0.25) is 0 Å². The molecule has 18 heavy (non-hydrogen) atoms. The first-order chi connectivity index (χ1) is 8.74. The summed E-state index contributed by atoms with van der Waals surface area (Å²) in [5.74, 6) is 0.364. The lowest BCUT2D eigenvalue weighted by Gasteiger charge is -2.16. The van der Waals surface area contributed by atoms with Crippen molar-refractivity contribution >= 4 is 5.71 Å². The number of unbranched alkanes of at least 4 members (excludes halogenated alkanes) is 1. The SMILES string of the molecule is CCCCC(=N)c1ccccc1C1C=CC=C1C. The molecule has 2 rings (SSSR count). The second-order valence-corrected chi connectivity index (χ2v) is 4.94. The van der Waals surface area contributed by atoms with E-state index in [0.717, 1.165) is 30.5 Å². The zero-order chi connectivity index (χ0) is 13.0. The van der Waals surface area contributed by atoms with Gasteiger partial charge >= 0.3 is 0 Å². The van der Waals surface area contributed by atoms with Crippen molar-refractivity contribution in [1.82, 2.24) is 0 Å². The van der Waals surface area contributed by atoms with Crippen molar-refractivity contribution in [3.8, 4) is 0 Å². The number of hydrogen-bond acceptors (Lipinski definition) is 1. The molecule has 0 heterocycles. The van der Waals surface area contributed by atoms with Gasteiger partial charge in [-0.1, -0.05) is 61.4 Å². The van der Waals surface area contributed by atoms with Gasteiger partial charge in [0.1, 0.15) is 0 Å². The summed E-state index contributed by atoms with van der Waals surface area (Å²) >= 11 is 0. The van der Waals surface area contributed by atoms with E-state index in [4.69, 9.17) is 5.41 Å². The van der Waals surface area contributed by atoms with Gasteiger partial charge in [-0.25, -0.2) is 0 Å². The first-order valence-electron chi connectivity index (χ1n) is 6.75. The topological polar surface area (TPSA) is 23.9 Å². The molecule has 1 aromatic carbocycles. The molecular formula is C17H21N. The molecule has 1 N–H and O–H groups in total. The highest BCUT2D eigenvalue weighted by Crippen LogP contribution is 2.32. The predicted molar refractivity (Wildman–Crippen MR) is 78.4 cm³/mol. The van der Waals surface area contributed by atoms with Crippen molar-refractivity contribution in [2.24, 2.45) is 0 Å². The zero-order valence-electron chi connectivity index (χ0n) is 11.2. The summed E-state index contributed by atoms with van der Waals surface area (Å²) < 4.78 is 0. The highest BCUT2D eigenvalue weighted by Gasteiger charge is 2.18. The minimum Gasteiger partial charge on any atom is -0.305 e. The van der Waals surface area contributed by atoms with Crippen molar-refractivity contribution in [3.05, 3.63) is 59.2 Å². The molecule has 94 valence electrons. The third kappa shape index (κ3) is 2.61. The molecule has 0 radical (unpaired) electrons. The molecule has 0 spiro atoms. The van der Waals surface area contributed by atoms with Crippen LogP contribution < -0.4 is 0 Å². The highest BCUT2D eigenvalue weighted by atomic mass is 14.4. The molecule has 0 fully saturated rings. The van der Waals surface area contributed by atoms with Crippen LogP contribution in [-0.2, 0) is 0 Å². The van der Waals surface area contributed by atoms with Gasteiger partial charge in [0.15, 0.2) is 0 Å². The van der Waals surface area contributed by atoms with Crippen LogP contribution in [0.2, 0.25) is 0 Å². The molecule has 1 heteroatoms. The molecule has 1 unspecified atom stereocenters. The Balaban J connectivity index is 2.28. The van der Waals surface area contributed by atoms with E-state index in [9.17, 15) is 0 Å². The lowest BCUT2D eigenvalue weighted by molar-refractivity contribution is 0.831. The van der Waals surface area contributed by atoms with E-state index in [1.54, 1.807) is 0 Å². The summed E-state index contributed by atoms with van der Waals surface area (Å²) in [5.41, 5.74) is 4.54. The van der Waals surface area contributed by atoms with Gasteiger partial charge < -0.3 is 5.41 Å². The fourth-order valence-corrected chi connectivity index (χ4v) is 2.45. The first-order valence-corrected chi connectivity index (χ1v) is 6.75. The average Bonchev–Trinajstić information content (AvgIpc) is 2.82. The molecule has 0 saturated carbocycles. The maximum atomic E-state index is 8.26. The highest BCUT2D eigenvalue weighted by molar-refractivity contribution is 5.99. The minimum absolute atomic E-state index is 0.364. The maximum Gasteiger partial charge on any atom is 0.0389 e. The molecule has 0 aliphatic heterocycles. The zero-order valence-corrected chi connectivity index (χ0v) is 11.2. The molecule has 0 amide bonds. The van der Waals surface area contributed by atoms with Crippen LogP contribution in [-0.4, -0.2) is 5.71 Å². The Morgan fingerprint density at radius 3 is 2.72 bits per heavy atom. The van der Waals surface area contributed by atoms with Crippen LogP contribution in [0, 0.1) is 5.41 Å². The third-order valence-corrected chi connectivity index (χ3v) is 3.55. The van der Waals surface area contributed by atoms with Gasteiger partial charge in [0, 0.05) is 11.6 Å². The Morgan fingerprint density at radius 1 is 1.28 bits per heavy atom. The predicted octanol–water partition coefficient (Wildman–Crippen LogP) is 4.84. The largest absolute Gasteiger partial charge is 0.305 e. The van der Waals surface area contributed by atoms with Crippen molar-refractivity contribution < 1.29 is 0 Å². The smallest absolute Gasteiger partial charge is 0.0389 e. The van der Waals surface area contributed by atoms with Crippen LogP contribution in [0.15, 0.2) is 48.1 Å². The Kier molecular flexibility index (Phi) is 4.14. The Labute approximate surface area is 110 Å². The summed E-state index contributed by atoms with van der Waals surface area (Å²) in [6, 6.07) is 8.36. The molecule has 1 aliphatic carbocycles. The van der Waals surface area contributed by atoms with Gasteiger partial charge in [0.25, 0.3) is 0 Å². The minimum atomic E-state index is 0.364. The van der Waals surface area contributed by atoms with Crippen LogP contribution >= 0.6 is 0 Å². The van der Waals surface area contributed by atoms with Crippen molar-refractivity contribution in [1.29, 1.82) is 5.41 Å². The van der Waals surface area contributed by atoms with E-state index in [0.29, 0.717) is 5.92 Å². The summed E-state index contributed by atoms with van der Waals surface area (Å²) in [7, 11) is 0. The summed E-state index contributed by atoms with van der Waals surface area (Å²) in [4.78, 5) is 0. The van der Waals surface area contributed by atoms with E-state index in [2.05, 4.69) is 50.3 Å². The summed E-state index contributed by atoms with van der Waals surface area (Å²) in [5, 5.41) is 8.26. The van der Waals surface area contributed by atoms with Gasteiger partial charge in [-0.2, -0.15) is 0 Å². The standard InChI is InChI=1S/C17H21N/c1-3-4-12-17(18)16-10-6-5-9-15(16)14-11-7-8-13(14)2/h5-11,14,18H,3-4,12H2,1-2H3. The van der Waals surface area contributed by atoms with Crippen molar-refractivity contribution in [2.45, 2.75) is 39.0 Å². The lowest BCUT2D eigenvalue weighted by Crippen LogP contribution is -2.06. The molecule has 1 nitrogen and oxygen atoms in total. The van der Waals surface area contributed by atoms with Gasteiger partial charge in [-0.3, -0.25) is 0 Å². The van der Waals surface area contributed by atoms with Gasteiger partial charge in [-0.05, 0) is 30.9 Å². The fourth-order valence-electron chi connectivity index (χ4n) is 2.45. The Hall–Kier alpha value is -1.63. The van der Waals surface area contributed by atoms with Crippen LogP contribution in [0.5, 0.6) is 0 Å². The second-order valence-electron chi connectivity index (χ2n) is 4.94. The van der Waals surface area contributed by atoms with Crippen LogP contribution in [0.3, 0.4) is 0 Å². The molecule has 1 aliphatic rings. The summed E-state index contributed by atoms with van der Waals surface area (Å²) in [6.07, 6.45) is 9.63. The molecule has 0 saturated heterocycles. The van der Waals surface area contributed by atoms with Crippen molar-refractivity contribution in [3.63, 3.8) is 0 Å². The monoisotopic (exact) mass is 239 g/mol. The Bertz CT molecular complexity index is 494. The van der Waals surface area contributed by atoms with E-state index < -0.39 is 0 Å². The molecule has 0 bridgehead atoms. The van der Waals surface area contributed by atoms with Crippen LogP contribution in [0.1, 0.15) is 50.2 Å². The third-order valence-electron chi connectivity index (χ3n) is 3.55. The quantitative estimate of drug-likeness (QED) is 0.711. The number of rotatable bonds is 5. The fraction of sp³-hybridized carbons (Fsp3) is 0.353. The van der Waals surface area contributed by atoms with Crippen LogP contribution in [0.25, 0.3) is 0 Å². The van der Waals surface area contributed by atoms with E-state index in [1.165, 1.54) is 11.1 Å². The van der Waals surface area contributed by atoms with E-state index in [1.807, 2.05) is 6.07 Å². The normalized spacial score (nSPS) is 17.9. The molecule has 1 aromatic rings. The molecule has 0 aromatic heterocycles. The second kappa shape index (κ2) is 5.81. The number of allylic oxidation sites excluding steroid dienone is 4. The summed E-state index contributed by atoms with van der Waals surface area (Å²) in [6.45, 7) is 4.34. The van der Waals surface area contributed by atoms with Crippen LogP contribution in [0.4, 0.5) is 0 Å². The number of nitrogens with one attached hydrogen (secondary N) is 1. The van der Waals surface area contributed by atoms with E-state index in [-0.39, 0.29) is 0 Å². The molecular weight excluding hydrogens is 218 g/mol. The van der Waals surface area contributed by atoms with Gasteiger partial charge in [0.05, 0.1) is 0 Å².